The maximum Gasteiger partial charge on any atom is 0.272 e. The molecule has 0 atom stereocenters. The lowest BCUT2D eigenvalue weighted by molar-refractivity contribution is -0.114. The Morgan fingerprint density at radius 3 is 2.38 bits per heavy atom. The topological polar surface area (TPSA) is 112 Å². The van der Waals surface area contributed by atoms with Crippen molar-refractivity contribution in [1.82, 2.24) is 10.3 Å². The van der Waals surface area contributed by atoms with Crippen LogP contribution in [0.2, 0.25) is 0 Å². The monoisotopic (exact) mass is 576 g/mol. The van der Waals surface area contributed by atoms with Gasteiger partial charge < -0.3 is 25.7 Å². The van der Waals surface area contributed by atoms with Crippen LogP contribution in [0.25, 0.3) is 17.0 Å². The zero-order chi connectivity index (χ0) is 29.3. The third kappa shape index (κ3) is 7.26. The number of carbonyl (C=O) groups excluding carboxylic acids is 3. The Labute approximate surface area is 247 Å². The molecule has 0 unspecified atom stereocenters. The van der Waals surface area contributed by atoms with Crippen LogP contribution in [0.3, 0.4) is 0 Å². The summed E-state index contributed by atoms with van der Waals surface area (Å²) < 4.78 is 5.20. The van der Waals surface area contributed by atoms with E-state index in [1.54, 1.807) is 86.1 Å². The molecular weight excluding hydrogens is 548 g/mol. The number of nitrogens with one attached hydrogen (secondary N) is 4. The van der Waals surface area contributed by atoms with E-state index >= 15 is 0 Å². The quantitative estimate of drug-likeness (QED) is 0.115. The normalized spacial score (nSPS) is 11.1. The van der Waals surface area contributed by atoms with Gasteiger partial charge in [-0.1, -0.05) is 48.5 Å². The molecule has 0 radical (unpaired) electrons. The molecule has 9 heteroatoms. The van der Waals surface area contributed by atoms with Gasteiger partial charge in [-0.3, -0.25) is 14.4 Å². The molecule has 0 fully saturated rings. The third-order valence-electron chi connectivity index (χ3n) is 6.27. The van der Waals surface area contributed by atoms with E-state index in [0.717, 1.165) is 21.4 Å². The number of para-hydroxylation sites is 1. The van der Waals surface area contributed by atoms with Crippen LogP contribution in [0.1, 0.15) is 15.9 Å². The van der Waals surface area contributed by atoms with Gasteiger partial charge in [-0.15, -0.1) is 11.8 Å². The van der Waals surface area contributed by atoms with Gasteiger partial charge in [-0.05, 0) is 54.6 Å². The number of hydrogen-bond acceptors (Lipinski definition) is 5. The smallest absolute Gasteiger partial charge is 0.272 e. The van der Waals surface area contributed by atoms with Gasteiger partial charge in [-0.25, -0.2) is 0 Å². The van der Waals surface area contributed by atoms with Crippen molar-refractivity contribution in [2.45, 2.75) is 4.90 Å². The number of amides is 3. The second-order valence-electron chi connectivity index (χ2n) is 9.22. The summed E-state index contributed by atoms with van der Waals surface area (Å²) in [6.45, 7) is 0. The molecule has 4 N–H and O–H groups in total. The molecule has 0 spiro atoms. The van der Waals surface area contributed by atoms with Crippen LogP contribution in [0.5, 0.6) is 5.75 Å². The van der Waals surface area contributed by atoms with Crippen LogP contribution < -0.4 is 20.7 Å². The number of thioether (sulfide) groups is 1. The van der Waals surface area contributed by atoms with Crippen LogP contribution in [-0.4, -0.2) is 35.6 Å². The van der Waals surface area contributed by atoms with E-state index in [9.17, 15) is 14.4 Å². The average Bonchev–Trinajstić information content (AvgIpc) is 3.43. The fraction of sp³-hybridized carbons (Fsp3) is 0.0606. The largest absolute Gasteiger partial charge is 0.497 e. The first-order valence-corrected chi connectivity index (χ1v) is 14.1. The Bertz CT molecular complexity index is 1760. The highest BCUT2D eigenvalue weighted by atomic mass is 32.2. The molecule has 1 heterocycles. The van der Waals surface area contributed by atoms with Crippen molar-refractivity contribution in [3.63, 3.8) is 0 Å². The van der Waals surface area contributed by atoms with E-state index in [0.29, 0.717) is 22.7 Å². The van der Waals surface area contributed by atoms with Gasteiger partial charge in [0.05, 0.1) is 12.9 Å². The number of anilines is 2. The average molecular weight is 577 g/mol. The van der Waals surface area contributed by atoms with Crippen molar-refractivity contribution < 1.29 is 19.1 Å². The Morgan fingerprint density at radius 2 is 1.57 bits per heavy atom. The molecule has 3 amide bonds. The number of H-pyrrole nitrogens is 1. The molecule has 0 aliphatic heterocycles. The summed E-state index contributed by atoms with van der Waals surface area (Å²) in [6, 6.07) is 30.8. The SMILES string of the molecule is COc1cccc(NC(=O)CSc2cccc(NC(=O)/C(=C/c3c[nH]c4ccccc34)NC(=O)c3ccccc3)c2)c1. The van der Waals surface area contributed by atoms with Crippen LogP contribution >= 0.6 is 11.8 Å². The lowest BCUT2D eigenvalue weighted by Crippen LogP contribution is -2.30. The van der Waals surface area contributed by atoms with Gasteiger partial charge in [0.2, 0.25) is 5.91 Å². The second-order valence-corrected chi connectivity index (χ2v) is 10.3. The lowest BCUT2D eigenvalue weighted by atomic mass is 10.1. The molecule has 1 aromatic heterocycles. The summed E-state index contributed by atoms with van der Waals surface area (Å²) in [5, 5.41) is 9.42. The Hall–Kier alpha value is -5.28. The number of benzene rings is 4. The molecule has 42 heavy (non-hydrogen) atoms. The molecule has 8 nitrogen and oxygen atoms in total. The summed E-state index contributed by atoms with van der Waals surface area (Å²) in [6.07, 6.45) is 3.44. The van der Waals surface area contributed by atoms with Crippen molar-refractivity contribution in [3.8, 4) is 5.75 Å². The summed E-state index contributed by atoms with van der Waals surface area (Å²) >= 11 is 1.34. The number of rotatable bonds is 10. The fourth-order valence-corrected chi connectivity index (χ4v) is 4.98. The minimum atomic E-state index is -0.484. The Kier molecular flexibility index (Phi) is 9.00. The molecule has 5 aromatic rings. The molecule has 5 rings (SSSR count). The summed E-state index contributed by atoms with van der Waals surface area (Å²) in [4.78, 5) is 43.0. The van der Waals surface area contributed by atoms with Crippen LogP contribution in [0.15, 0.2) is 120 Å². The summed E-state index contributed by atoms with van der Waals surface area (Å²) in [7, 11) is 1.57. The Morgan fingerprint density at radius 1 is 0.833 bits per heavy atom. The maximum absolute atomic E-state index is 13.5. The molecule has 0 bridgehead atoms. The maximum atomic E-state index is 13.5. The number of aromatic nitrogens is 1. The van der Waals surface area contributed by atoms with Crippen molar-refractivity contribution in [1.29, 1.82) is 0 Å². The van der Waals surface area contributed by atoms with Crippen molar-refractivity contribution in [2.24, 2.45) is 0 Å². The predicted molar refractivity (Wildman–Crippen MR) is 168 cm³/mol. The zero-order valence-electron chi connectivity index (χ0n) is 22.7. The van der Waals surface area contributed by atoms with Gasteiger partial charge in [-0.2, -0.15) is 0 Å². The van der Waals surface area contributed by atoms with E-state index in [2.05, 4.69) is 20.9 Å². The van der Waals surface area contributed by atoms with Gasteiger partial charge in [0, 0.05) is 50.6 Å². The first-order chi connectivity index (χ1) is 20.5. The lowest BCUT2D eigenvalue weighted by Gasteiger charge is -2.12. The molecule has 4 aromatic carbocycles. The first kappa shape index (κ1) is 28.3. The molecule has 0 aliphatic rings. The summed E-state index contributed by atoms with van der Waals surface area (Å²) in [5.41, 5.74) is 3.36. The van der Waals surface area contributed by atoms with Crippen LogP contribution in [0.4, 0.5) is 11.4 Å². The highest BCUT2D eigenvalue weighted by Crippen LogP contribution is 2.24. The van der Waals surface area contributed by atoms with E-state index in [4.69, 9.17) is 4.74 Å². The van der Waals surface area contributed by atoms with Gasteiger partial charge in [0.15, 0.2) is 0 Å². The first-order valence-electron chi connectivity index (χ1n) is 13.1. The minimum Gasteiger partial charge on any atom is -0.497 e. The number of ether oxygens (including phenoxy) is 1. The fourth-order valence-electron chi connectivity index (χ4n) is 4.22. The molecule has 210 valence electrons. The van der Waals surface area contributed by atoms with Gasteiger partial charge >= 0.3 is 0 Å². The number of hydrogen-bond donors (Lipinski definition) is 4. The number of carbonyl (C=O) groups is 3. The third-order valence-corrected chi connectivity index (χ3v) is 7.26. The minimum absolute atomic E-state index is 0.0873. The highest BCUT2D eigenvalue weighted by molar-refractivity contribution is 8.00. The molecule has 0 saturated carbocycles. The highest BCUT2D eigenvalue weighted by Gasteiger charge is 2.16. The van der Waals surface area contributed by atoms with Crippen LogP contribution in [0, 0.1) is 0 Å². The summed E-state index contributed by atoms with van der Waals surface area (Å²) in [5.74, 6) is -0.226. The van der Waals surface area contributed by atoms with E-state index in [-0.39, 0.29) is 17.4 Å². The van der Waals surface area contributed by atoms with E-state index < -0.39 is 11.8 Å². The molecule has 0 saturated heterocycles. The van der Waals surface area contributed by atoms with Crippen molar-refractivity contribution in [3.05, 3.63) is 126 Å². The van der Waals surface area contributed by atoms with Gasteiger partial charge in [0.25, 0.3) is 11.8 Å². The second kappa shape index (κ2) is 13.4. The zero-order valence-corrected chi connectivity index (χ0v) is 23.5. The Balaban J connectivity index is 1.30. The van der Waals surface area contributed by atoms with Crippen molar-refractivity contribution in [2.75, 3.05) is 23.5 Å². The number of aromatic amines is 1. The van der Waals surface area contributed by atoms with Crippen molar-refractivity contribution >= 4 is 57.8 Å². The molecule has 0 aliphatic carbocycles. The van der Waals surface area contributed by atoms with E-state index in [1.165, 1.54) is 11.8 Å². The van der Waals surface area contributed by atoms with Gasteiger partial charge in [0.1, 0.15) is 11.4 Å². The van der Waals surface area contributed by atoms with E-state index in [1.807, 2.05) is 36.4 Å². The molecular formula is C33H28N4O4S. The number of methoxy groups -OCH3 is 1. The standard InChI is InChI=1S/C33H28N4O4S/c1-41-26-13-7-11-24(18-26)35-31(38)21-42-27-14-8-12-25(19-27)36-33(40)30(37-32(39)22-9-3-2-4-10-22)17-23-20-34-29-16-6-5-15-28(23)29/h2-20,34H,21H2,1H3,(H,35,38)(H,36,40)(H,37,39)/b30-17-. The van der Waals surface area contributed by atoms with Crippen LogP contribution in [-0.2, 0) is 9.59 Å². The predicted octanol–water partition coefficient (Wildman–Crippen LogP) is 6.32. The number of fused-ring (bicyclic) bond motifs is 1.